The predicted octanol–water partition coefficient (Wildman–Crippen LogP) is 4.39. The number of hydrogen-bond acceptors (Lipinski definition) is 3. The SMILES string of the molecule is C=CCNC(=O)[C@]1(Cc2ccccc2-c2cccnc2)CCCN(C(=O)[C@H]2CC23CCC3)C1. The van der Waals surface area contributed by atoms with Crippen LogP contribution in [0.3, 0.4) is 0 Å². The standard InChI is InChI=1S/C28H33N3O2/c1-2-14-30-26(33)28(17-21-8-3-4-10-23(21)22-9-5-15-29-19-22)13-7-16-31(20-28)25(32)24-18-27(24)11-6-12-27/h2-5,8-10,15,19,24H,1,6-7,11-14,16-18,20H2,(H,30,33)/t24-,28+/m1/s1. The minimum absolute atomic E-state index is 0.0232. The molecular formula is C28H33N3O2. The van der Waals surface area contributed by atoms with E-state index in [0.29, 0.717) is 24.9 Å². The fourth-order valence-corrected chi connectivity index (χ4v) is 6.03. The number of benzene rings is 1. The Morgan fingerprint density at radius 1 is 1.15 bits per heavy atom. The molecule has 1 aromatic carbocycles. The lowest BCUT2D eigenvalue weighted by molar-refractivity contribution is -0.143. The second-order valence-electron chi connectivity index (χ2n) is 10.2. The summed E-state index contributed by atoms with van der Waals surface area (Å²) >= 11 is 0. The third kappa shape index (κ3) is 4.09. The highest BCUT2D eigenvalue weighted by molar-refractivity contribution is 5.87. The van der Waals surface area contributed by atoms with Crippen molar-refractivity contribution in [3.05, 3.63) is 67.0 Å². The van der Waals surface area contributed by atoms with Gasteiger partial charge in [0, 0.05) is 43.5 Å². The van der Waals surface area contributed by atoms with Gasteiger partial charge in [0.15, 0.2) is 0 Å². The molecule has 2 atom stereocenters. The van der Waals surface area contributed by atoms with E-state index in [-0.39, 0.29) is 17.7 Å². The van der Waals surface area contributed by atoms with E-state index in [9.17, 15) is 9.59 Å². The molecule has 3 aliphatic rings. The Labute approximate surface area is 196 Å². The first-order valence-electron chi connectivity index (χ1n) is 12.2. The zero-order valence-electron chi connectivity index (χ0n) is 19.3. The quantitative estimate of drug-likeness (QED) is 0.646. The van der Waals surface area contributed by atoms with Gasteiger partial charge in [0.25, 0.3) is 0 Å². The number of nitrogens with one attached hydrogen (secondary N) is 1. The Balaban J connectivity index is 1.43. The lowest BCUT2D eigenvalue weighted by Crippen LogP contribution is -2.55. The smallest absolute Gasteiger partial charge is 0.228 e. The zero-order chi connectivity index (χ0) is 22.9. The number of nitrogens with zero attached hydrogens (tertiary/aromatic N) is 2. The molecule has 2 saturated carbocycles. The lowest BCUT2D eigenvalue weighted by atomic mass is 9.72. The second kappa shape index (κ2) is 8.77. The number of hydrogen-bond donors (Lipinski definition) is 1. The Kier molecular flexibility index (Phi) is 5.81. The molecule has 1 aromatic heterocycles. The molecule has 5 heteroatoms. The molecule has 1 aliphatic heterocycles. The van der Waals surface area contributed by atoms with Gasteiger partial charge in [-0.1, -0.05) is 42.8 Å². The lowest BCUT2D eigenvalue weighted by Gasteiger charge is -2.42. The molecule has 1 N–H and O–H groups in total. The van der Waals surface area contributed by atoms with Crippen LogP contribution in [0.5, 0.6) is 0 Å². The van der Waals surface area contributed by atoms with Gasteiger partial charge in [-0.05, 0) is 61.1 Å². The Morgan fingerprint density at radius 3 is 2.70 bits per heavy atom. The summed E-state index contributed by atoms with van der Waals surface area (Å²) in [4.78, 5) is 33.3. The molecule has 0 unspecified atom stereocenters. The van der Waals surface area contributed by atoms with Crippen molar-refractivity contribution >= 4 is 11.8 Å². The number of piperidine rings is 1. The molecule has 2 aromatic rings. The van der Waals surface area contributed by atoms with Gasteiger partial charge in [-0.15, -0.1) is 6.58 Å². The summed E-state index contributed by atoms with van der Waals surface area (Å²) in [6, 6.07) is 12.2. The minimum Gasteiger partial charge on any atom is -0.352 e. The topological polar surface area (TPSA) is 62.3 Å². The van der Waals surface area contributed by atoms with Gasteiger partial charge in [0.05, 0.1) is 5.41 Å². The van der Waals surface area contributed by atoms with Crippen molar-refractivity contribution < 1.29 is 9.59 Å². The Morgan fingerprint density at radius 2 is 2.00 bits per heavy atom. The molecule has 0 bridgehead atoms. The monoisotopic (exact) mass is 443 g/mol. The molecule has 1 spiro atoms. The third-order valence-corrected chi connectivity index (χ3v) is 8.13. The van der Waals surface area contributed by atoms with Crippen LogP contribution in [0.4, 0.5) is 0 Å². The van der Waals surface area contributed by atoms with Gasteiger partial charge in [0.1, 0.15) is 0 Å². The number of carbonyl (C=O) groups excluding carboxylic acids is 2. The summed E-state index contributed by atoms with van der Waals surface area (Å²) in [6.07, 6.45) is 12.3. The third-order valence-electron chi connectivity index (χ3n) is 8.13. The number of likely N-dealkylation sites (tertiary alicyclic amines) is 1. The molecule has 3 fully saturated rings. The Bertz CT molecular complexity index is 1050. The number of rotatable bonds is 7. The molecule has 0 radical (unpaired) electrons. The van der Waals surface area contributed by atoms with Crippen LogP contribution in [-0.4, -0.2) is 41.3 Å². The average Bonchev–Trinajstić information content (AvgIpc) is 3.60. The number of amides is 2. The van der Waals surface area contributed by atoms with Crippen molar-refractivity contribution in [2.45, 2.75) is 44.9 Å². The molecule has 2 amide bonds. The van der Waals surface area contributed by atoms with E-state index in [1.165, 1.54) is 19.3 Å². The summed E-state index contributed by atoms with van der Waals surface area (Å²) in [5, 5.41) is 3.06. The first kappa shape index (κ1) is 21.9. The van der Waals surface area contributed by atoms with Crippen molar-refractivity contribution in [3.63, 3.8) is 0 Å². The zero-order valence-corrected chi connectivity index (χ0v) is 19.3. The summed E-state index contributed by atoms with van der Waals surface area (Å²) in [5.41, 5.74) is 2.92. The van der Waals surface area contributed by atoms with Crippen molar-refractivity contribution in [3.8, 4) is 11.1 Å². The second-order valence-corrected chi connectivity index (χ2v) is 10.2. The van der Waals surface area contributed by atoms with E-state index in [1.807, 2.05) is 29.3 Å². The molecule has 5 nitrogen and oxygen atoms in total. The van der Waals surface area contributed by atoms with Crippen LogP contribution in [0.15, 0.2) is 61.4 Å². The maximum absolute atomic E-state index is 13.6. The fourth-order valence-electron chi connectivity index (χ4n) is 6.03. The van der Waals surface area contributed by atoms with Crippen LogP contribution >= 0.6 is 0 Å². The van der Waals surface area contributed by atoms with Gasteiger partial charge in [-0.2, -0.15) is 0 Å². The fraction of sp³-hybridized carbons (Fsp3) is 0.464. The highest BCUT2D eigenvalue weighted by atomic mass is 16.2. The van der Waals surface area contributed by atoms with Crippen molar-refractivity contribution in [2.24, 2.45) is 16.7 Å². The van der Waals surface area contributed by atoms with E-state index in [4.69, 9.17) is 0 Å². The summed E-state index contributed by atoms with van der Waals surface area (Å²) in [6.45, 7) is 5.44. The van der Waals surface area contributed by atoms with Gasteiger partial charge in [-0.3, -0.25) is 14.6 Å². The molecule has 5 rings (SSSR count). The van der Waals surface area contributed by atoms with E-state index in [0.717, 1.165) is 42.5 Å². The molecular weight excluding hydrogens is 410 g/mol. The summed E-state index contributed by atoms with van der Waals surface area (Å²) in [7, 11) is 0. The van der Waals surface area contributed by atoms with Gasteiger partial charge in [0.2, 0.25) is 11.8 Å². The van der Waals surface area contributed by atoms with Crippen LogP contribution in [-0.2, 0) is 16.0 Å². The molecule has 33 heavy (non-hydrogen) atoms. The van der Waals surface area contributed by atoms with Crippen molar-refractivity contribution in [1.82, 2.24) is 15.2 Å². The first-order valence-corrected chi connectivity index (χ1v) is 12.2. The minimum atomic E-state index is -0.642. The molecule has 2 aliphatic carbocycles. The van der Waals surface area contributed by atoms with Gasteiger partial charge >= 0.3 is 0 Å². The normalized spacial score (nSPS) is 25.2. The van der Waals surface area contributed by atoms with Gasteiger partial charge < -0.3 is 10.2 Å². The first-order chi connectivity index (χ1) is 16.1. The van der Waals surface area contributed by atoms with E-state index < -0.39 is 5.41 Å². The summed E-state index contributed by atoms with van der Waals surface area (Å²) < 4.78 is 0. The molecule has 2 heterocycles. The highest BCUT2D eigenvalue weighted by Gasteiger charge is 2.62. The number of carbonyl (C=O) groups is 2. The van der Waals surface area contributed by atoms with Crippen LogP contribution < -0.4 is 5.32 Å². The van der Waals surface area contributed by atoms with Crippen molar-refractivity contribution in [1.29, 1.82) is 0 Å². The number of pyridine rings is 1. The van der Waals surface area contributed by atoms with Gasteiger partial charge in [-0.25, -0.2) is 0 Å². The predicted molar refractivity (Wildman–Crippen MR) is 129 cm³/mol. The molecule has 1 saturated heterocycles. The van der Waals surface area contributed by atoms with E-state index >= 15 is 0 Å². The van der Waals surface area contributed by atoms with Crippen LogP contribution in [0, 0.1) is 16.7 Å². The van der Waals surface area contributed by atoms with Crippen LogP contribution in [0.2, 0.25) is 0 Å². The van der Waals surface area contributed by atoms with E-state index in [2.05, 4.69) is 35.1 Å². The number of aromatic nitrogens is 1. The summed E-state index contributed by atoms with van der Waals surface area (Å²) in [5.74, 6) is 0.479. The maximum Gasteiger partial charge on any atom is 0.228 e. The largest absolute Gasteiger partial charge is 0.352 e. The maximum atomic E-state index is 13.6. The van der Waals surface area contributed by atoms with Crippen molar-refractivity contribution in [2.75, 3.05) is 19.6 Å². The highest BCUT2D eigenvalue weighted by Crippen LogP contribution is 2.66. The molecule has 172 valence electrons. The van der Waals surface area contributed by atoms with Crippen LogP contribution in [0.1, 0.15) is 44.1 Å². The average molecular weight is 444 g/mol. The Hall–Kier alpha value is -2.95. The van der Waals surface area contributed by atoms with E-state index in [1.54, 1.807) is 12.3 Å². The van der Waals surface area contributed by atoms with Crippen LogP contribution in [0.25, 0.3) is 11.1 Å².